The summed E-state index contributed by atoms with van der Waals surface area (Å²) in [5.41, 5.74) is 4.56. The number of amides is 2. The van der Waals surface area contributed by atoms with Gasteiger partial charge in [-0.15, -0.1) is 0 Å². The molecular formula is C23H27N3O4S. The number of hydrogen-bond donors (Lipinski definition) is 2. The molecule has 4 rings (SSSR count). The molecule has 2 aliphatic rings. The van der Waals surface area contributed by atoms with Crippen LogP contribution in [-0.4, -0.2) is 37.6 Å². The van der Waals surface area contributed by atoms with E-state index in [2.05, 4.69) is 10.6 Å². The fourth-order valence-corrected chi connectivity index (χ4v) is 5.61. The van der Waals surface area contributed by atoms with Crippen molar-refractivity contribution in [3.63, 3.8) is 0 Å². The van der Waals surface area contributed by atoms with Gasteiger partial charge in [0.1, 0.15) is 0 Å². The largest absolute Gasteiger partial charge is 0.326 e. The third kappa shape index (κ3) is 4.50. The highest BCUT2D eigenvalue weighted by molar-refractivity contribution is 7.89. The number of piperidine rings is 1. The molecule has 0 spiro atoms. The first-order valence-corrected chi connectivity index (χ1v) is 12.0. The van der Waals surface area contributed by atoms with Crippen LogP contribution >= 0.6 is 0 Å². The van der Waals surface area contributed by atoms with Crippen LogP contribution in [0.5, 0.6) is 0 Å². The predicted molar refractivity (Wildman–Crippen MR) is 119 cm³/mol. The zero-order valence-electron chi connectivity index (χ0n) is 17.8. The van der Waals surface area contributed by atoms with Crippen molar-refractivity contribution in [3.05, 3.63) is 53.1 Å². The number of fused-ring (bicyclic) bond motifs is 1. The van der Waals surface area contributed by atoms with Crippen molar-refractivity contribution in [2.75, 3.05) is 23.7 Å². The zero-order valence-corrected chi connectivity index (χ0v) is 18.6. The molecule has 164 valence electrons. The molecule has 0 bridgehead atoms. The molecule has 2 N–H and O–H groups in total. The summed E-state index contributed by atoms with van der Waals surface area (Å²) in [6.07, 6.45) is 1.86. The maximum absolute atomic E-state index is 13.1. The zero-order chi connectivity index (χ0) is 22.2. The molecule has 1 fully saturated rings. The second-order valence-electron chi connectivity index (χ2n) is 8.33. The number of hydrogen-bond acceptors (Lipinski definition) is 4. The van der Waals surface area contributed by atoms with Crippen LogP contribution in [0.3, 0.4) is 0 Å². The summed E-state index contributed by atoms with van der Waals surface area (Å²) in [6, 6.07) is 10.7. The van der Waals surface area contributed by atoms with E-state index in [1.165, 1.54) is 15.9 Å². The van der Waals surface area contributed by atoms with Crippen LogP contribution in [0.4, 0.5) is 11.4 Å². The van der Waals surface area contributed by atoms with Crippen molar-refractivity contribution in [1.82, 2.24) is 4.31 Å². The Labute approximate surface area is 182 Å². The Hall–Kier alpha value is -2.71. The Kier molecular flexibility index (Phi) is 5.85. The monoisotopic (exact) mass is 441 g/mol. The number of aryl methyl sites for hydroxylation is 3. The number of rotatable bonds is 4. The van der Waals surface area contributed by atoms with Gasteiger partial charge in [0.05, 0.1) is 4.90 Å². The standard InChI is InChI=1S/C23H27N3O4S/c1-15-3-5-19(13-16(15)2)24-23(28)17-9-11-26(12-10-17)31(29,30)20-6-7-21-18(14-20)4-8-22(27)25-21/h3,5-7,13-14,17H,4,8-12H2,1-2H3,(H,24,28)(H,25,27). The van der Waals surface area contributed by atoms with Gasteiger partial charge in [-0.25, -0.2) is 8.42 Å². The number of nitrogens with one attached hydrogen (secondary N) is 2. The number of carbonyl (C=O) groups is 2. The number of anilines is 2. The van der Waals surface area contributed by atoms with Gasteiger partial charge in [-0.2, -0.15) is 4.31 Å². The van der Waals surface area contributed by atoms with Crippen molar-refractivity contribution in [2.45, 2.75) is 44.4 Å². The maximum atomic E-state index is 13.1. The average molecular weight is 442 g/mol. The average Bonchev–Trinajstić information content (AvgIpc) is 2.76. The van der Waals surface area contributed by atoms with E-state index >= 15 is 0 Å². The second kappa shape index (κ2) is 8.43. The Morgan fingerprint density at radius 3 is 2.48 bits per heavy atom. The van der Waals surface area contributed by atoms with Gasteiger partial charge in [0.2, 0.25) is 21.8 Å². The van der Waals surface area contributed by atoms with Crippen LogP contribution < -0.4 is 10.6 Å². The highest BCUT2D eigenvalue weighted by atomic mass is 32.2. The molecular weight excluding hydrogens is 414 g/mol. The van der Waals surface area contributed by atoms with E-state index < -0.39 is 10.0 Å². The molecule has 1 saturated heterocycles. The maximum Gasteiger partial charge on any atom is 0.243 e. The van der Waals surface area contributed by atoms with Crippen molar-refractivity contribution in [3.8, 4) is 0 Å². The van der Waals surface area contributed by atoms with Gasteiger partial charge < -0.3 is 10.6 Å². The molecule has 0 atom stereocenters. The Bertz CT molecular complexity index is 1140. The Morgan fingerprint density at radius 2 is 1.77 bits per heavy atom. The summed E-state index contributed by atoms with van der Waals surface area (Å²) < 4.78 is 27.7. The minimum atomic E-state index is -3.64. The van der Waals surface area contributed by atoms with Gasteiger partial charge in [0.15, 0.2) is 0 Å². The van der Waals surface area contributed by atoms with Crippen LogP contribution in [0.15, 0.2) is 41.3 Å². The van der Waals surface area contributed by atoms with Gasteiger partial charge in [-0.05, 0) is 80.1 Å². The summed E-state index contributed by atoms with van der Waals surface area (Å²) in [7, 11) is -3.64. The number of nitrogens with zero attached hydrogens (tertiary/aromatic N) is 1. The summed E-state index contributed by atoms with van der Waals surface area (Å²) in [5.74, 6) is -0.333. The van der Waals surface area contributed by atoms with E-state index in [4.69, 9.17) is 0 Å². The first-order valence-electron chi connectivity index (χ1n) is 10.5. The first-order chi connectivity index (χ1) is 14.7. The molecule has 2 aromatic rings. The van der Waals surface area contributed by atoms with Crippen molar-refractivity contribution < 1.29 is 18.0 Å². The van der Waals surface area contributed by atoms with E-state index in [9.17, 15) is 18.0 Å². The van der Waals surface area contributed by atoms with Crippen LogP contribution in [0.25, 0.3) is 0 Å². The molecule has 8 heteroatoms. The quantitative estimate of drug-likeness (QED) is 0.762. The van der Waals surface area contributed by atoms with Gasteiger partial charge >= 0.3 is 0 Å². The van der Waals surface area contributed by atoms with E-state index in [1.54, 1.807) is 12.1 Å². The van der Waals surface area contributed by atoms with Crippen molar-refractivity contribution in [2.24, 2.45) is 5.92 Å². The Balaban J connectivity index is 1.40. The fraction of sp³-hybridized carbons (Fsp3) is 0.391. The predicted octanol–water partition coefficient (Wildman–Crippen LogP) is 3.23. The topological polar surface area (TPSA) is 95.6 Å². The number of benzene rings is 2. The molecule has 0 aromatic heterocycles. The lowest BCUT2D eigenvalue weighted by Gasteiger charge is -2.31. The normalized spacial score (nSPS) is 17.7. The highest BCUT2D eigenvalue weighted by Gasteiger charge is 2.32. The Morgan fingerprint density at radius 1 is 1.03 bits per heavy atom. The third-order valence-corrected chi connectivity index (χ3v) is 8.10. The van der Waals surface area contributed by atoms with Crippen LogP contribution in [0, 0.1) is 19.8 Å². The molecule has 2 amide bonds. The van der Waals surface area contributed by atoms with E-state index in [1.807, 2.05) is 32.0 Å². The molecule has 2 aliphatic heterocycles. The van der Waals surface area contributed by atoms with Crippen LogP contribution in [-0.2, 0) is 26.0 Å². The molecule has 0 aliphatic carbocycles. The molecule has 0 radical (unpaired) electrons. The summed E-state index contributed by atoms with van der Waals surface area (Å²) >= 11 is 0. The fourth-order valence-electron chi connectivity index (χ4n) is 4.09. The molecule has 2 aromatic carbocycles. The van der Waals surface area contributed by atoms with E-state index in [0.717, 1.165) is 16.8 Å². The molecule has 7 nitrogen and oxygen atoms in total. The van der Waals surface area contributed by atoms with Crippen molar-refractivity contribution >= 4 is 33.2 Å². The number of carbonyl (C=O) groups excluding carboxylic acids is 2. The van der Waals surface area contributed by atoms with Gasteiger partial charge in [-0.3, -0.25) is 9.59 Å². The molecule has 0 unspecified atom stereocenters. The lowest BCUT2D eigenvalue weighted by molar-refractivity contribution is -0.121. The van der Waals surface area contributed by atoms with Gasteiger partial charge in [0.25, 0.3) is 0 Å². The number of sulfonamides is 1. The molecule has 0 saturated carbocycles. The summed E-state index contributed by atoms with van der Waals surface area (Å²) in [6.45, 7) is 4.64. The van der Waals surface area contributed by atoms with Crippen LogP contribution in [0.1, 0.15) is 36.0 Å². The second-order valence-corrected chi connectivity index (χ2v) is 10.3. The lowest BCUT2D eigenvalue weighted by atomic mass is 9.97. The van der Waals surface area contributed by atoms with Crippen LogP contribution in [0.2, 0.25) is 0 Å². The lowest BCUT2D eigenvalue weighted by Crippen LogP contribution is -2.41. The minimum absolute atomic E-state index is 0.0516. The minimum Gasteiger partial charge on any atom is -0.326 e. The summed E-state index contributed by atoms with van der Waals surface area (Å²) in [5, 5.41) is 5.73. The van der Waals surface area contributed by atoms with Gasteiger partial charge in [-0.1, -0.05) is 6.07 Å². The third-order valence-electron chi connectivity index (χ3n) is 6.21. The van der Waals surface area contributed by atoms with Crippen molar-refractivity contribution in [1.29, 1.82) is 0 Å². The summed E-state index contributed by atoms with van der Waals surface area (Å²) in [4.78, 5) is 24.4. The molecule has 2 heterocycles. The highest BCUT2D eigenvalue weighted by Crippen LogP contribution is 2.29. The van der Waals surface area contributed by atoms with E-state index in [0.29, 0.717) is 44.5 Å². The first kappa shape index (κ1) is 21.5. The SMILES string of the molecule is Cc1ccc(NC(=O)C2CCN(S(=O)(=O)c3ccc4c(c3)CCC(=O)N4)CC2)cc1C. The molecule has 31 heavy (non-hydrogen) atoms. The van der Waals surface area contributed by atoms with E-state index in [-0.39, 0.29) is 22.6 Å². The smallest absolute Gasteiger partial charge is 0.243 e. The van der Waals surface area contributed by atoms with Gasteiger partial charge in [0, 0.05) is 36.8 Å².